The summed E-state index contributed by atoms with van der Waals surface area (Å²) < 4.78 is 45.7. The molecule has 0 atom stereocenters. The van der Waals surface area contributed by atoms with Gasteiger partial charge in [-0.15, -0.1) is 0 Å². The van der Waals surface area contributed by atoms with Crippen molar-refractivity contribution in [2.45, 2.75) is 84.8 Å². The number of aryl methyl sites for hydroxylation is 4. The van der Waals surface area contributed by atoms with Crippen LogP contribution in [0.4, 0.5) is 11.9 Å². The molecule has 2 aliphatic rings. The van der Waals surface area contributed by atoms with E-state index in [1.165, 1.54) is 31.4 Å². The fraction of sp³-hybridized carbons (Fsp3) is 0.391. The number of benzene rings is 2. The van der Waals surface area contributed by atoms with Crippen LogP contribution in [0, 0.1) is 31.6 Å². The van der Waals surface area contributed by atoms with Crippen molar-refractivity contribution in [1.82, 2.24) is 43.0 Å². The molecule has 2 fully saturated rings. The molecule has 6 aromatic rings. The van der Waals surface area contributed by atoms with Crippen LogP contribution in [0.2, 0.25) is 0 Å². The number of rotatable bonds is 17. The lowest BCUT2D eigenvalue weighted by Crippen LogP contribution is -2.40. The van der Waals surface area contributed by atoms with Crippen molar-refractivity contribution in [2.75, 3.05) is 37.4 Å². The first kappa shape index (κ1) is 47.0. The second-order valence-electron chi connectivity index (χ2n) is 16.6. The molecule has 1 aliphatic heterocycles. The molecule has 21 nitrogen and oxygen atoms in total. The van der Waals surface area contributed by atoms with E-state index in [2.05, 4.69) is 32.7 Å². The number of piperidine rings is 1. The molecule has 6 N–H and O–H groups in total. The normalized spacial score (nSPS) is 14.6. The number of ether oxygens (including phenoxy) is 2. The molecule has 22 heteroatoms. The quantitative estimate of drug-likeness (QED) is 0.0747. The summed E-state index contributed by atoms with van der Waals surface area (Å²) in [6, 6.07) is 9.39. The zero-order chi connectivity index (χ0) is 48.4. The van der Waals surface area contributed by atoms with Crippen molar-refractivity contribution < 1.29 is 37.1 Å². The first-order valence-electron chi connectivity index (χ1n) is 22.3. The first-order valence-corrected chi connectivity index (χ1v) is 23.8. The lowest BCUT2D eigenvalue weighted by molar-refractivity contribution is 0.0991. The van der Waals surface area contributed by atoms with Crippen LogP contribution >= 0.6 is 0 Å². The van der Waals surface area contributed by atoms with Gasteiger partial charge in [0.1, 0.15) is 40.5 Å². The number of nitrogens with one attached hydrogen (secondary N) is 2. The smallest absolute Gasteiger partial charge is 0.276 e. The van der Waals surface area contributed by atoms with E-state index >= 15 is 0 Å². The number of methoxy groups -OCH3 is 1. The molecule has 4 amide bonds. The number of nitrogens with zero attached hydrogens (tertiary/aromatic N) is 9. The summed E-state index contributed by atoms with van der Waals surface area (Å²) in [5.74, 6) is 4.77. The lowest BCUT2D eigenvalue weighted by Gasteiger charge is -2.29. The van der Waals surface area contributed by atoms with Gasteiger partial charge in [-0.05, 0) is 89.8 Å². The van der Waals surface area contributed by atoms with E-state index < -0.39 is 33.7 Å². The van der Waals surface area contributed by atoms with Crippen molar-refractivity contribution in [3.63, 3.8) is 0 Å². The zero-order valence-electron chi connectivity index (χ0n) is 38.4. The van der Waals surface area contributed by atoms with Gasteiger partial charge in [-0.3, -0.25) is 39.2 Å². The van der Waals surface area contributed by atoms with Gasteiger partial charge in [0.05, 0.1) is 34.8 Å². The summed E-state index contributed by atoms with van der Waals surface area (Å²) in [5.41, 5.74) is 15.2. The summed E-state index contributed by atoms with van der Waals surface area (Å²) in [6.07, 6.45) is 6.27. The van der Waals surface area contributed by atoms with Crippen molar-refractivity contribution in [3.05, 3.63) is 82.5 Å². The molecule has 0 bridgehead atoms. The number of primary amides is 2. The van der Waals surface area contributed by atoms with E-state index in [4.69, 9.17) is 30.9 Å². The van der Waals surface area contributed by atoms with Gasteiger partial charge in [0.2, 0.25) is 33.7 Å². The molecule has 4 aromatic heterocycles. The Balaban J connectivity index is 1.12. The van der Waals surface area contributed by atoms with E-state index in [-0.39, 0.29) is 59.6 Å². The highest BCUT2D eigenvalue weighted by Gasteiger charge is 2.41. The van der Waals surface area contributed by atoms with Crippen molar-refractivity contribution in [1.29, 1.82) is 0 Å². The number of sulfonamides is 1. The Morgan fingerprint density at radius 1 is 0.750 bits per heavy atom. The summed E-state index contributed by atoms with van der Waals surface area (Å²) in [7, 11) is -1.80. The van der Waals surface area contributed by atoms with Gasteiger partial charge in [0.25, 0.3) is 11.8 Å². The number of amides is 4. The summed E-state index contributed by atoms with van der Waals surface area (Å²) in [6.45, 7) is 9.22. The number of imidazole rings is 2. The third kappa shape index (κ3) is 9.66. The number of carbonyl (C=O) groups is 4. The van der Waals surface area contributed by atoms with E-state index in [9.17, 15) is 27.6 Å². The molecule has 1 aliphatic carbocycles. The average Bonchev–Trinajstić information content (AvgIpc) is 3.72. The van der Waals surface area contributed by atoms with E-state index in [0.717, 1.165) is 0 Å². The third-order valence-electron chi connectivity index (χ3n) is 11.8. The van der Waals surface area contributed by atoms with E-state index in [0.29, 0.717) is 102 Å². The van der Waals surface area contributed by atoms with E-state index in [1.807, 2.05) is 26.0 Å². The van der Waals surface area contributed by atoms with Crippen LogP contribution in [0.5, 0.6) is 11.5 Å². The Morgan fingerprint density at radius 2 is 1.24 bits per heavy atom. The molecule has 5 heterocycles. The van der Waals surface area contributed by atoms with Crippen LogP contribution in [0.3, 0.4) is 0 Å². The SMILES string of the molecule is CCn1nc(C)cc1C(=O)Nc1nc2cc(C(N)=O)cc(OC)c2n1C/C=C/Cn1c(NC(=O)c2cc(C)nn2CC)nc2cc(C(N)=O)cc(OCC#CC3CCN(S(=O)(=O)C4CC4)CC3)c21. The molecule has 1 saturated heterocycles. The molecular formula is C46H53N13O8S. The van der Waals surface area contributed by atoms with Crippen molar-refractivity contribution >= 4 is 67.6 Å². The van der Waals surface area contributed by atoms with Gasteiger partial charge >= 0.3 is 0 Å². The zero-order valence-corrected chi connectivity index (χ0v) is 39.2. The molecule has 0 unspecified atom stereocenters. The topological polar surface area (TPSA) is 272 Å². The number of carbonyl (C=O) groups excluding carboxylic acids is 4. The fourth-order valence-corrected chi connectivity index (χ4v) is 10.2. The Morgan fingerprint density at radius 3 is 1.69 bits per heavy atom. The number of hydrogen-bond donors (Lipinski definition) is 4. The highest BCUT2D eigenvalue weighted by molar-refractivity contribution is 7.90. The molecule has 2 aromatic carbocycles. The van der Waals surface area contributed by atoms with Crippen molar-refractivity contribution in [2.24, 2.45) is 17.4 Å². The number of hydrogen-bond acceptors (Lipinski definition) is 12. The highest BCUT2D eigenvalue weighted by Crippen LogP contribution is 2.35. The third-order valence-corrected chi connectivity index (χ3v) is 14.2. The minimum absolute atomic E-state index is 0.0189. The van der Waals surface area contributed by atoms with Crippen LogP contribution in [-0.4, -0.2) is 107 Å². The van der Waals surface area contributed by atoms with Gasteiger partial charge in [0.15, 0.2) is 0 Å². The van der Waals surface area contributed by atoms with Crippen LogP contribution in [0.25, 0.3) is 22.1 Å². The number of allylic oxidation sites excluding steroid dienone is 2. The van der Waals surface area contributed by atoms with Crippen LogP contribution in [-0.2, 0) is 36.2 Å². The first-order chi connectivity index (χ1) is 32.6. The minimum atomic E-state index is -3.25. The van der Waals surface area contributed by atoms with Gasteiger partial charge in [-0.1, -0.05) is 24.0 Å². The maximum atomic E-state index is 13.9. The summed E-state index contributed by atoms with van der Waals surface area (Å²) in [5, 5.41) is 14.4. The molecule has 0 radical (unpaired) electrons. The van der Waals surface area contributed by atoms with Gasteiger partial charge < -0.3 is 30.1 Å². The molecule has 1 saturated carbocycles. The number of nitrogens with two attached hydrogens (primary N) is 2. The Bertz CT molecular complexity index is 3170. The number of aromatic nitrogens is 8. The maximum absolute atomic E-state index is 13.9. The standard InChI is InChI=1S/C46H53N13O8S/c1-6-58-35(21-27(3)53-58)43(62)51-45-49-33-23-30(41(47)60)25-37(66-5)39(33)56(45)16-8-9-17-57-40-34(50-46(57)52-44(63)36-22-28(4)54-59(36)7-2)24-31(42(48)61)26-38(40)67-20-10-11-29-14-18-55(19-15-29)68(64,65)32-12-13-32/h8-9,21-26,29,32H,6-7,12-20H2,1-5H3,(H2,47,60)(H2,48,61)(H,49,51,62)(H,50,52,63)/b9-8+. The Kier molecular flexibility index (Phi) is 13.4. The fourth-order valence-electron chi connectivity index (χ4n) is 8.32. The predicted octanol–water partition coefficient (Wildman–Crippen LogP) is 3.99. The van der Waals surface area contributed by atoms with Gasteiger partial charge in [-0.2, -0.15) is 10.2 Å². The maximum Gasteiger partial charge on any atom is 0.276 e. The van der Waals surface area contributed by atoms with Crippen molar-refractivity contribution in [3.8, 4) is 23.3 Å². The van der Waals surface area contributed by atoms with Crippen LogP contribution in [0.15, 0.2) is 48.6 Å². The lowest BCUT2D eigenvalue weighted by atomic mass is 9.99. The average molecular weight is 948 g/mol. The minimum Gasteiger partial charge on any atom is -0.494 e. The summed E-state index contributed by atoms with van der Waals surface area (Å²) in [4.78, 5) is 62.0. The monoisotopic (exact) mass is 947 g/mol. The second kappa shape index (κ2) is 19.4. The Labute approximate surface area is 391 Å². The van der Waals surface area contributed by atoms with Gasteiger partial charge in [-0.25, -0.2) is 22.7 Å². The molecule has 8 rings (SSSR count). The molecule has 356 valence electrons. The second-order valence-corrected chi connectivity index (χ2v) is 18.8. The molecule has 68 heavy (non-hydrogen) atoms. The highest BCUT2D eigenvalue weighted by atomic mass is 32.2. The number of anilines is 2. The Hall–Kier alpha value is -7.51. The number of fused-ring (bicyclic) bond motifs is 2. The molecular weight excluding hydrogens is 895 g/mol. The van der Waals surface area contributed by atoms with Crippen LogP contribution < -0.4 is 31.6 Å². The van der Waals surface area contributed by atoms with Gasteiger partial charge in [0, 0.05) is 56.3 Å². The van der Waals surface area contributed by atoms with Crippen LogP contribution in [0.1, 0.15) is 92.6 Å². The summed E-state index contributed by atoms with van der Waals surface area (Å²) >= 11 is 0. The molecule has 0 spiro atoms. The van der Waals surface area contributed by atoms with E-state index in [1.54, 1.807) is 48.8 Å². The predicted molar refractivity (Wildman–Crippen MR) is 253 cm³/mol. The largest absolute Gasteiger partial charge is 0.494 e.